The van der Waals surface area contributed by atoms with Crippen molar-refractivity contribution in [3.05, 3.63) is 29.1 Å². The summed E-state index contributed by atoms with van der Waals surface area (Å²) < 4.78 is 85.0. The lowest BCUT2D eigenvalue weighted by atomic mass is 10.2. The van der Waals surface area contributed by atoms with Gasteiger partial charge in [-0.25, -0.2) is 22.0 Å². The van der Waals surface area contributed by atoms with Gasteiger partial charge in [-0.1, -0.05) is 0 Å². The molecule has 0 bridgehead atoms. The quantitative estimate of drug-likeness (QED) is 0.391. The molecule has 0 spiro atoms. The maximum Gasteiger partial charge on any atom is 0.319 e. The van der Waals surface area contributed by atoms with Crippen molar-refractivity contribution in [2.24, 2.45) is 0 Å². The van der Waals surface area contributed by atoms with Gasteiger partial charge in [-0.2, -0.15) is 8.42 Å². The van der Waals surface area contributed by atoms with Crippen LogP contribution in [0.3, 0.4) is 0 Å². The van der Waals surface area contributed by atoms with Gasteiger partial charge in [0.05, 0.1) is 0 Å². The van der Waals surface area contributed by atoms with Gasteiger partial charge in [0.25, 0.3) is 0 Å². The van der Waals surface area contributed by atoms with Crippen LogP contribution in [0.15, 0.2) is 0 Å². The molecule has 0 unspecified atom stereocenters. The number of anilines is 1. The van der Waals surface area contributed by atoms with Crippen molar-refractivity contribution in [1.29, 1.82) is 0 Å². The van der Waals surface area contributed by atoms with Crippen molar-refractivity contribution >= 4 is 25.6 Å². The molecule has 0 fully saturated rings. The van der Waals surface area contributed by atoms with Gasteiger partial charge in [0, 0.05) is 10.7 Å². The molecule has 0 aliphatic heterocycles. The fraction of sp³-hybridized carbons (Fsp3) is 0. The first-order valence-corrected chi connectivity index (χ1v) is 5.70. The third-order valence-electron chi connectivity index (χ3n) is 1.43. The molecule has 90 valence electrons. The van der Waals surface area contributed by atoms with Crippen LogP contribution in [0.25, 0.3) is 0 Å². The third-order valence-corrected chi connectivity index (χ3v) is 2.11. The minimum Gasteiger partial charge on any atom is -0.265 e. The average Bonchev–Trinajstić information content (AvgIpc) is 2.17. The van der Waals surface area contributed by atoms with E-state index in [1.807, 2.05) is 0 Å². The van der Waals surface area contributed by atoms with Gasteiger partial charge in [0.2, 0.25) is 5.82 Å². The normalized spacial score (nSPS) is 11.6. The average molecular weight is 282 g/mol. The summed E-state index contributed by atoms with van der Waals surface area (Å²) in [6, 6.07) is 0. The third kappa shape index (κ3) is 2.35. The van der Waals surface area contributed by atoms with E-state index in [1.165, 1.54) is 0 Å². The van der Waals surface area contributed by atoms with E-state index in [0.29, 0.717) is 0 Å². The second-order valence-corrected chi connectivity index (χ2v) is 4.78. The highest BCUT2D eigenvalue weighted by Gasteiger charge is 2.27. The van der Waals surface area contributed by atoms with Crippen LogP contribution in [0.4, 0.5) is 27.6 Å². The smallest absolute Gasteiger partial charge is 0.265 e. The Morgan fingerprint density at radius 3 is 1.44 bits per heavy atom. The van der Waals surface area contributed by atoms with Gasteiger partial charge in [-0.3, -0.25) is 4.72 Å². The van der Waals surface area contributed by atoms with Crippen molar-refractivity contribution in [2.75, 3.05) is 4.72 Å². The van der Waals surface area contributed by atoms with Crippen molar-refractivity contribution in [2.45, 2.75) is 0 Å². The number of hydrogen-bond donors (Lipinski definition) is 1. The van der Waals surface area contributed by atoms with Gasteiger partial charge in [-0.15, -0.1) is 0 Å². The van der Waals surface area contributed by atoms with Gasteiger partial charge in [0.1, 0.15) is 5.69 Å². The number of rotatable bonds is 2. The zero-order chi connectivity index (χ0) is 12.7. The van der Waals surface area contributed by atoms with E-state index in [2.05, 4.69) is 10.7 Å². The lowest BCUT2D eigenvalue weighted by molar-refractivity contribution is 0.382. The summed E-state index contributed by atoms with van der Waals surface area (Å²) in [5.41, 5.74) is -1.73. The Labute approximate surface area is 90.4 Å². The summed E-state index contributed by atoms with van der Waals surface area (Å²) in [6.07, 6.45) is 0. The van der Waals surface area contributed by atoms with Crippen LogP contribution in [-0.2, 0) is 9.24 Å². The molecule has 0 heterocycles. The Kier molecular flexibility index (Phi) is 3.29. The molecular formula is C6HClF5NO2S. The van der Waals surface area contributed by atoms with E-state index in [9.17, 15) is 30.4 Å². The Hall–Kier alpha value is -1.09. The minimum absolute atomic E-state index is 0.968. The maximum atomic E-state index is 12.8. The first kappa shape index (κ1) is 13.0. The Morgan fingerprint density at radius 2 is 1.12 bits per heavy atom. The Bertz CT molecular complexity index is 517. The van der Waals surface area contributed by atoms with Gasteiger partial charge < -0.3 is 0 Å². The molecule has 3 nitrogen and oxygen atoms in total. The SMILES string of the molecule is O=S(=O)(Cl)Nc1c(F)c(F)c(F)c(F)c1F. The summed E-state index contributed by atoms with van der Waals surface area (Å²) >= 11 is 0. The highest BCUT2D eigenvalue weighted by Crippen LogP contribution is 2.28. The summed E-state index contributed by atoms with van der Waals surface area (Å²) in [5, 5.41) is 0. The van der Waals surface area contributed by atoms with Crippen LogP contribution in [0.2, 0.25) is 0 Å². The van der Waals surface area contributed by atoms with Crippen molar-refractivity contribution in [3.63, 3.8) is 0 Å². The first-order valence-electron chi connectivity index (χ1n) is 3.39. The van der Waals surface area contributed by atoms with Gasteiger partial charge in [0.15, 0.2) is 23.3 Å². The highest BCUT2D eigenvalue weighted by molar-refractivity contribution is 8.14. The highest BCUT2D eigenvalue weighted by atomic mass is 35.7. The van der Waals surface area contributed by atoms with Crippen molar-refractivity contribution < 1.29 is 30.4 Å². The van der Waals surface area contributed by atoms with Crippen molar-refractivity contribution in [1.82, 2.24) is 0 Å². The maximum absolute atomic E-state index is 12.8. The molecule has 0 saturated heterocycles. The fourth-order valence-electron chi connectivity index (χ4n) is 0.816. The number of hydrogen-bond acceptors (Lipinski definition) is 2. The second-order valence-electron chi connectivity index (χ2n) is 2.48. The molecule has 0 aliphatic carbocycles. The molecule has 0 aromatic heterocycles. The van der Waals surface area contributed by atoms with Crippen molar-refractivity contribution in [3.8, 4) is 0 Å². The molecule has 10 heteroatoms. The molecule has 0 saturated carbocycles. The summed E-state index contributed by atoms with van der Waals surface area (Å²) in [6.45, 7) is 0. The molecule has 0 aliphatic rings. The molecule has 0 amide bonds. The van der Waals surface area contributed by atoms with Gasteiger partial charge in [-0.05, 0) is 0 Å². The predicted molar refractivity (Wildman–Crippen MR) is 44.6 cm³/mol. The molecule has 0 radical (unpaired) electrons. The molecule has 1 aromatic rings. The Morgan fingerprint density at radius 1 is 0.812 bits per heavy atom. The molecular weight excluding hydrogens is 281 g/mol. The van der Waals surface area contributed by atoms with E-state index in [1.54, 1.807) is 0 Å². The monoisotopic (exact) mass is 281 g/mol. The molecule has 0 atom stereocenters. The number of benzene rings is 1. The van der Waals surface area contributed by atoms with E-state index < -0.39 is 44.0 Å². The zero-order valence-electron chi connectivity index (χ0n) is 6.99. The fourth-order valence-corrected chi connectivity index (χ4v) is 1.47. The van der Waals surface area contributed by atoms with E-state index in [0.717, 1.165) is 4.72 Å². The standard InChI is InChI=1S/C6HClF5NO2S/c7-16(14,15)13-6-4(11)2(9)1(8)3(10)5(6)12/h13H. The van der Waals surface area contributed by atoms with E-state index >= 15 is 0 Å². The summed E-state index contributed by atoms with van der Waals surface area (Å²) in [7, 11) is -0.137. The number of halogens is 6. The van der Waals surface area contributed by atoms with Crippen LogP contribution in [0.1, 0.15) is 0 Å². The zero-order valence-corrected chi connectivity index (χ0v) is 8.56. The van der Waals surface area contributed by atoms with Crippen LogP contribution < -0.4 is 4.72 Å². The lowest BCUT2D eigenvalue weighted by Crippen LogP contribution is -2.12. The minimum atomic E-state index is -4.68. The summed E-state index contributed by atoms with van der Waals surface area (Å²) in [5.74, 6) is -11.6. The largest absolute Gasteiger partial charge is 0.319 e. The predicted octanol–water partition coefficient (Wildman–Crippen LogP) is 2.28. The number of nitrogens with one attached hydrogen (secondary N) is 1. The van der Waals surface area contributed by atoms with Crippen LogP contribution in [0.5, 0.6) is 0 Å². The molecule has 16 heavy (non-hydrogen) atoms. The van der Waals surface area contributed by atoms with Crippen LogP contribution in [-0.4, -0.2) is 8.42 Å². The second kappa shape index (κ2) is 4.06. The molecule has 1 N–H and O–H groups in total. The van der Waals surface area contributed by atoms with E-state index in [-0.39, 0.29) is 0 Å². The molecule has 1 aromatic carbocycles. The van der Waals surface area contributed by atoms with Crippen LogP contribution >= 0.6 is 10.7 Å². The first-order chi connectivity index (χ1) is 7.15. The lowest BCUT2D eigenvalue weighted by Gasteiger charge is -2.07. The molecule has 1 rings (SSSR count). The van der Waals surface area contributed by atoms with E-state index in [4.69, 9.17) is 0 Å². The summed E-state index contributed by atoms with van der Waals surface area (Å²) in [4.78, 5) is 0. The topological polar surface area (TPSA) is 46.2 Å². The van der Waals surface area contributed by atoms with Gasteiger partial charge >= 0.3 is 9.24 Å². The Balaban J connectivity index is 3.52. The van der Waals surface area contributed by atoms with Crippen LogP contribution in [0, 0.1) is 29.1 Å².